The molecule has 1 aromatic heterocycles. The predicted octanol–water partition coefficient (Wildman–Crippen LogP) is 2.07. The summed E-state index contributed by atoms with van der Waals surface area (Å²) < 4.78 is 16.2. The second-order valence-corrected chi connectivity index (χ2v) is 7.12. The number of aromatic amines is 1. The van der Waals surface area contributed by atoms with Crippen molar-refractivity contribution in [3.05, 3.63) is 54.1 Å². The Balaban J connectivity index is 1.69. The molecule has 2 aliphatic heterocycles. The van der Waals surface area contributed by atoms with Crippen LogP contribution in [0.5, 0.6) is 11.5 Å². The normalized spacial score (nSPS) is 17.9. The Kier molecular flexibility index (Phi) is 3.78. The van der Waals surface area contributed by atoms with Crippen LogP contribution in [0.4, 0.5) is 5.69 Å². The number of fused-ring (bicyclic) bond motifs is 1. The maximum absolute atomic E-state index is 13.5. The van der Waals surface area contributed by atoms with E-state index < -0.39 is 5.54 Å². The van der Waals surface area contributed by atoms with Crippen molar-refractivity contribution < 1.29 is 19.0 Å². The lowest BCUT2D eigenvalue weighted by atomic mass is 9.89. The molecule has 1 spiro atoms. The number of nitrogens with zero attached hydrogens (tertiary/aromatic N) is 2. The zero-order valence-electron chi connectivity index (χ0n) is 16.1. The first-order chi connectivity index (χ1) is 14.1. The largest absolute Gasteiger partial charge is 0.497 e. The second-order valence-electron chi connectivity index (χ2n) is 7.12. The van der Waals surface area contributed by atoms with Gasteiger partial charge < -0.3 is 29.8 Å². The Bertz CT molecular complexity index is 1110. The first kappa shape index (κ1) is 17.6. The molecule has 1 saturated heterocycles. The summed E-state index contributed by atoms with van der Waals surface area (Å²) in [6.45, 7) is 0.492. The summed E-state index contributed by atoms with van der Waals surface area (Å²) in [5.41, 5.74) is 8.34. The molecule has 148 valence electrons. The molecule has 2 aliphatic rings. The Morgan fingerprint density at radius 3 is 2.41 bits per heavy atom. The van der Waals surface area contributed by atoms with Gasteiger partial charge in [-0.15, -0.1) is 0 Å². The summed E-state index contributed by atoms with van der Waals surface area (Å²) in [7, 11) is 3.16. The number of anilines is 1. The highest BCUT2D eigenvalue weighted by Crippen LogP contribution is 2.45. The Morgan fingerprint density at radius 2 is 1.83 bits per heavy atom. The number of ether oxygens (including phenoxy) is 3. The first-order valence-electron chi connectivity index (χ1n) is 9.18. The maximum atomic E-state index is 13.5. The van der Waals surface area contributed by atoms with Gasteiger partial charge >= 0.3 is 0 Å². The van der Waals surface area contributed by atoms with Crippen molar-refractivity contribution in [2.75, 3.05) is 32.3 Å². The molecule has 5 rings (SSSR count). The number of hydrogen-bond acceptors (Lipinski definition) is 7. The van der Waals surface area contributed by atoms with Gasteiger partial charge in [-0.3, -0.25) is 4.79 Å². The molecule has 0 unspecified atom stereocenters. The summed E-state index contributed by atoms with van der Waals surface area (Å²) in [5.74, 6) is 1.88. The molecule has 0 atom stereocenters. The molecule has 8 heteroatoms. The van der Waals surface area contributed by atoms with E-state index in [9.17, 15) is 4.79 Å². The highest BCUT2D eigenvalue weighted by Gasteiger charge is 2.59. The van der Waals surface area contributed by atoms with E-state index in [1.165, 1.54) is 0 Å². The molecule has 29 heavy (non-hydrogen) atoms. The van der Waals surface area contributed by atoms with E-state index in [1.807, 2.05) is 41.3 Å². The van der Waals surface area contributed by atoms with Crippen LogP contribution in [0.25, 0.3) is 16.6 Å². The van der Waals surface area contributed by atoms with Crippen molar-refractivity contribution in [1.82, 2.24) is 9.97 Å². The summed E-state index contributed by atoms with van der Waals surface area (Å²) in [5, 5.41) is 0. The number of nitrogens with one attached hydrogen (secondary N) is 1. The summed E-state index contributed by atoms with van der Waals surface area (Å²) in [6.07, 6.45) is 0. The number of carbonyl (C=O) groups is 1. The quantitative estimate of drug-likeness (QED) is 0.701. The molecule has 8 nitrogen and oxygen atoms in total. The van der Waals surface area contributed by atoms with Crippen molar-refractivity contribution in [3.8, 4) is 11.5 Å². The van der Waals surface area contributed by atoms with Crippen LogP contribution in [0.2, 0.25) is 0 Å². The van der Waals surface area contributed by atoms with Crippen molar-refractivity contribution >= 4 is 28.1 Å². The van der Waals surface area contributed by atoms with Crippen molar-refractivity contribution in [2.45, 2.75) is 5.54 Å². The van der Waals surface area contributed by atoms with Crippen LogP contribution in [0, 0.1) is 0 Å². The number of carbonyl (C=O) groups excluding carboxylic acids is 1. The highest BCUT2D eigenvalue weighted by atomic mass is 16.5. The van der Waals surface area contributed by atoms with E-state index in [0.29, 0.717) is 34.4 Å². The fourth-order valence-corrected chi connectivity index (χ4v) is 3.96. The molecular weight excluding hydrogens is 372 g/mol. The zero-order valence-corrected chi connectivity index (χ0v) is 16.1. The van der Waals surface area contributed by atoms with Gasteiger partial charge in [-0.25, -0.2) is 4.98 Å². The number of H-pyrrole nitrogens is 1. The topological polar surface area (TPSA) is 103 Å². The van der Waals surface area contributed by atoms with E-state index in [1.54, 1.807) is 20.3 Å². The third kappa shape index (κ3) is 2.42. The molecule has 3 heterocycles. The average Bonchev–Trinajstić information content (AvgIpc) is 3.22. The number of hydrogen-bond donors (Lipinski definition) is 2. The number of rotatable bonds is 4. The molecule has 2 aromatic carbocycles. The van der Waals surface area contributed by atoms with Gasteiger partial charge in [0.1, 0.15) is 28.7 Å². The fourth-order valence-electron chi connectivity index (χ4n) is 3.96. The molecule has 3 aromatic rings. The number of Topliss-reactive ketones (excluding diaryl/α,β-unsaturated/α-hetero) is 1. The van der Waals surface area contributed by atoms with Gasteiger partial charge in [-0.1, -0.05) is 12.1 Å². The van der Waals surface area contributed by atoms with Crippen LogP contribution in [0.3, 0.4) is 0 Å². The van der Waals surface area contributed by atoms with Crippen molar-refractivity contribution in [2.24, 2.45) is 5.73 Å². The number of methoxy groups -OCH3 is 2. The number of nitrogens with two attached hydrogens (primary N) is 1. The van der Waals surface area contributed by atoms with Crippen LogP contribution in [0.1, 0.15) is 5.82 Å². The Labute approximate surface area is 166 Å². The Morgan fingerprint density at radius 1 is 1.14 bits per heavy atom. The summed E-state index contributed by atoms with van der Waals surface area (Å²) in [4.78, 5) is 23.1. The molecular formula is C21H20N4O4. The molecule has 0 saturated carbocycles. The lowest BCUT2D eigenvalue weighted by Gasteiger charge is -2.45. The second kappa shape index (κ2) is 6.25. The SMILES string of the molecule is COc1cc(OC)cc(N2C(N)=C(c3nc4ccccc4[nH]3)C(=O)C23COC3)c1. The van der Waals surface area contributed by atoms with Gasteiger partial charge in [0.15, 0.2) is 5.54 Å². The number of ketones is 1. The van der Waals surface area contributed by atoms with E-state index in [2.05, 4.69) is 9.97 Å². The van der Waals surface area contributed by atoms with E-state index in [0.717, 1.165) is 11.0 Å². The number of para-hydroxylation sites is 2. The number of imidazole rings is 1. The summed E-state index contributed by atoms with van der Waals surface area (Å²) in [6, 6.07) is 13.0. The fraction of sp³-hybridized carbons (Fsp3) is 0.238. The van der Waals surface area contributed by atoms with Crippen molar-refractivity contribution in [1.29, 1.82) is 0 Å². The molecule has 3 N–H and O–H groups in total. The molecule has 0 amide bonds. The van der Waals surface area contributed by atoms with Gasteiger partial charge in [0.25, 0.3) is 0 Å². The predicted molar refractivity (Wildman–Crippen MR) is 108 cm³/mol. The van der Waals surface area contributed by atoms with Crippen LogP contribution in [0.15, 0.2) is 48.3 Å². The van der Waals surface area contributed by atoms with E-state index in [4.69, 9.17) is 19.9 Å². The Hall–Kier alpha value is -3.52. The number of aromatic nitrogens is 2. The van der Waals surface area contributed by atoms with Crippen LogP contribution < -0.4 is 20.1 Å². The van der Waals surface area contributed by atoms with E-state index in [-0.39, 0.29) is 19.0 Å². The van der Waals surface area contributed by atoms with Crippen LogP contribution >= 0.6 is 0 Å². The highest BCUT2D eigenvalue weighted by molar-refractivity contribution is 6.30. The first-order valence-corrected chi connectivity index (χ1v) is 9.18. The minimum absolute atomic E-state index is 0.109. The third-order valence-electron chi connectivity index (χ3n) is 5.48. The molecule has 0 bridgehead atoms. The zero-order chi connectivity index (χ0) is 20.2. The monoisotopic (exact) mass is 392 g/mol. The molecule has 1 fully saturated rings. The van der Waals surface area contributed by atoms with Crippen LogP contribution in [-0.2, 0) is 9.53 Å². The van der Waals surface area contributed by atoms with Crippen LogP contribution in [-0.4, -0.2) is 48.7 Å². The molecule has 0 radical (unpaired) electrons. The van der Waals surface area contributed by atoms with Gasteiger partial charge in [-0.2, -0.15) is 0 Å². The van der Waals surface area contributed by atoms with Crippen molar-refractivity contribution in [3.63, 3.8) is 0 Å². The average molecular weight is 392 g/mol. The standard InChI is InChI=1S/C21H20N4O4/c1-27-13-7-12(8-14(9-13)28-2)25-19(22)17(18(26)21(25)10-29-11-21)20-23-15-5-3-4-6-16(15)24-20/h3-9H,10-11,22H2,1-2H3,(H,23,24). The van der Waals surface area contributed by atoms with Gasteiger partial charge in [0.05, 0.1) is 44.2 Å². The van der Waals surface area contributed by atoms with Gasteiger partial charge in [0, 0.05) is 18.2 Å². The lowest BCUT2D eigenvalue weighted by molar-refractivity contribution is -0.133. The smallest absolute Gasteiger partial charge is 0.200 e. The van der Waals surface area contributed by atoms with E-state index >= 15 is 0 Å². The van der Waals surface area contributed by atoms with Gasteiger partial charge in [-0.05, 0) is 12.1 Å². The van der Waals surface area contributed by atoms with Gasteiger partial charge in [0.2, 0.25) is 5.78 Å². The minimum atomic E-state index is -0.893. The maximum Gasteiger partial charge on any atom is 0.200 e. The third-order valence-corrected chi connectivity index (χ3v) is 5.48. The number of benzene rings is 2. The lowest BCUT2D eigenvalue weighted by Crippen LogP contribution is -2.64. The minimum Gasteiger partial charge on any atom is -0.497 e. The summed E-state index contributed by atoms with van der Waals surface area (Å²) >= 11 is 0. The molecule has 0 aliphatic carbocycles.